The second-order valence-corrected chi connectivity index (χ2v) is 10.5. The van der Waals surface area contributed by atoms with Crippen LogP contribution in [0.25, 0.3) is 21.3 Å². The van der Waals surface area contributed by atoms with Gasteiger partial charge in [-0.05, 0) is 30.7 Å². The van der Waals surface area contributed by atoms with Crippen LogP contribution in [0.5, 0.6) is 0 Å². The number of furan rings is 1. The first kappa shape index (κ1) is 30.1. The molecule has 5 aromatic heterocycles. The van der Waals surface area contributed by atoms with Gasteiger partial charge in [-0.25, -0.2) is 31.3 Å². The van der Waals surface area contributed by atoms with Crippen LogP contribution >= 0.6 is 22.9 Å². The molecule has 3 N–H and O–H groups in total. The van der Waals surface area contributed by atoms with Gasteiger partial charge in [0.15, 0.2) is 5.76 Å². The van der Waals surface area contributed by atoms with Gasteiger partial charge < -0.3 is 15.5 Å². The van der Waals surface area contributed by atoms with Crippen LogP contribution in [0, 0.1) is 6.92 Å². The van der Waals surface area contributed by atoms with Gasteiger partial charge in [0.1, 0.15) is 32.5 Å². The lowest BCUT2D eigenvalue weighted by Gasteiger charge is -2.10. The predicted octanol–water partition coefficient (Wildman–Crippen LogP) is 6.66. The second-order valence-electron chi connectivity index (χ2n) is 9.08. The van der Waals surface area contributed by atoms with Crippen molar-refractivity contribution >= 4 is 50.7 Å². The molecule has 18 heteroatoms. The number of thiophene rings is 1. The number of carbonyl (C=O) groups excluding carboxylic acids is 2. The molecule has 2 amide bonds. The summed E-state index contributed by atoms with van der Waals surface area (Å²) in [7, 11) is 1.64. The van der Waals surface area contributed by atoms with Crippen molar-refractivity contribution in [1.29, 1.82) is 0 Å². The number of nitrogens with zero attached hydrogens (tertiary/aromatic N) is 5. The number of nitrogens with two attached hydrogens (primary N) is 1. The number of halogens is 7. The highest BCUT2D eigenvalue weighted by atomic mass is 35.5. The zero-order valence-electron chi connectivity index (χ0n) is 21.8. The van der Waals surface area contributed by atoms with E-state index in [9.17, 15) is 35.9 Å². The summed E-state index contributed by atoms with van der Waals surface area (Å²) in [5, 5.41) is 9.36. The van der Waals surface area contributed by atoms with Gasteiger partial charge >= 0.3 is 0 Å². The largest absolute Gasteiger partial charge is 0.454 e. The third-order valence-corrected chi connectivity index (χ3v) is 7.94. The number of anilines is 1. The third-order valence-electron chi connectivity index (χ3n) is 6.45. The molecule has 0 saturated carbocycles. The molecule has 5 heterocycles. The normalized spacial score (nSPS) is 11.9. The van der Waals surface area contributed by atoms with Crippen molar-refractivity contribution in [3.8, 4) is 11.1 Å². The molecule has 0 atom stereocenters. The highest BCUT2D eigenvalue weighted by Crippen LogP contribution is 2.43. The first-order chi connectivity index (χ1) is 20.3. The van der Waals surface area contributed by atoms with Crippen molar-refractivity contribution in [3.63, 3.8) is 0 Å². The van der Waals surface area contributed by atoms with Crippen LogP contribution in [0.15, 0.2) is 28.8 Å². The number of aryl methyl sites for hydroxylation is 1. The Hall–Kier alpha value is -4.38. The number of hydrogen-bond acceptors (Lipinski definition) is 7. The standard InChI is InChI=1S/C25H18ClF6N7O3S/c1-8-11(6-34-38(8)2)10-5-12(20(27)28)35-25-14(10)16(19(43-25)23(33)40)36-24(41)13-4-3-9(42-13)7-39-18(22(31)32)15(26)17(37-39)21(29)30/h3-6,20-22H,7H2,1-2H3,(H2,33,40)(H,36,41). The Morgan fingerprint density at radius 3 is 2.42 bits per heavy atom. The molecule has 0 bridgehead atoms. The molecule has 0 aliphatic carbocycles. The van der Waals surface area contributed by atoms with E-state index < -0.39 is 59.7 Å². The number of hydrogen-bond donors (Lipinski definition) is 2. The Labute approximate surface area is 246 Å². The molecule has 5 rings (SSSR count). The van der Waals surface area contributed by atoms with Crippen molar-refractivity contribution in [2.24, 2.45) is 12.8 Å². The van der Waals surface area contributed by atoms with Crippen LogP contribution in [0.1, 0.15) is 68.0 Å². The SMILES string of the molecule is Cc1c(-c2cc(C(F)F)nc3sc(C(N)=O)c(NC(=O)c4ccc(Cn5nc(C(F)F)c(Cl)c5C(F)F)o4)c23)cnn1C. The van der Waals surface area contributed by atoms with Crippen LogP contribution in [0.2, 0.25) is 5.02 Å². The van der Waals surface area contributed by atoms with Gasteiger partial charge in [-0.15, -0.1) is 11.3 Å². The summed E-state index contributed by atoms with van der Waals surface area (Å²) in [4.78, 5) is 29.4. The summed E-state index contributed by atoms with van der Waals surface area (Å²) in [5.41, 5.74) is 4.08. The molecule has 0 aliphatic rings. The van der Waals surface area contributed by atoms with Gasteiger partial charge in [-0.3, -0.25) is 19.0 Å². The number of rotatable bonds is 9. The van der Waals surface area contributed by atoms with E-state index >= 15 is 0 Å². The van der Waals surface area contributed by atoms with E-state index in [1.165, 1.54) is 23.0 Å². The molecule has 0 aromatic carbocycles. The molecular formula is C25H18ClF6N7O3S. The summed E-state index contributed by atoms with van der Waals surface area (Å²) in [6, 6.07) is 3.52. The van der Waals surface area contributed by atoms with E-state index in [2.05, 4.69) is 20.5 Å². The highest BCUT2D eigenvalue weighted by Gasteiger charge is 2.30. The van der Waals surface area contributed by atoms with Crippen molar-refractivity contribution in [2.75, 3.05) is 5.32 Å². The quantitative estimate of drug-likeness (QED) is 0.172. The maximum absolute atomic E-state index is 13.7. The number of amides is 2. The number of primary amides is 1. The van der Waals surface area contributed by atoms with Crippen LogP contribution in [-0.2, 0) is 13.6 Å². The number of aromatic nitrogens is 5. The average molecular weight is 646 g/mol. The molecule has 0 spiro atoms. The smallest absolute Gasteiger partial charge is 0.291 e. The Morgan fingerprint density at radius 1 is 1.12 bits per heavy atom. The average Bonchev–Trinajstić information content (AvgIpc) is 3.70. The fourth-order valence-corrected chi connectivity index (χ4v) is 5.66. The summed E-state index contributed by atoms with van der Waals surface area (Å²) < 4.78 is 88.4. The lowest BCUT2D eigenvalue weighted by Crippen LogP contribution is -2.16. The minimum absolute atomic E-state index is 0.00906. The van der Waals surface area contributed by atoms with Gasteiger partial charge in [-0.1, -0.05) is 11.6 Å². The summed E-state index contributed by atoms with van der Waals surface area (Å²) in [6.45, 7) is 1.12. The van der Waals surface area contributed by atoms with Gasteiger partial charge in [0.2, 0.25) is 0 Å². The monoisotopic (exact) mass is 645 g/mol. The minimum atomic E-state index is -3.24. The Kier molecular flexibility index (Phi) is 7.95. The first-order valence-electron chi connectivity index (χ1n) is 12.0. The topological polar surface area (TPSA) is 134 Å². The lowest BCUT2D eigenvalue weighted by atomic mass is 10.0. The highest BCUT2D eigenvalue weighted by molar-refractivity contribution is 7.21. The van der Waals surface area contributed by atoms with E-state index in [1.807, 2.05) is 0 Å². The van der Waals surface area contributed by atoms with Crippen LogP contribution in [-0.4, -0.2) is 36.4 Å². The Morgan fingerprint density at radius 2 is 1.84 bits per heavy atom. The molecule has 43 heavy (non-hydrogen) atoms. The fraction of sp³-hybridized carbons (Fsp3) is 0.240. The molecule has 0 radical (unpaired) electrons. The first-order valence-corrected chi connectivity index (χ1v) is 13.2. The number of fused-ring (bicyclic) bond motifs is 1. The maximum atomic E-state index is 13.7. The Balaban J connectivity index is 1.54. The maximum Gasteiger partial charge on any atom is 0.291 e. The summed E-state index contributed by atoms with van der Waals surface area (Å²) in [6.07, 6.45) is -7.97. The van der Waals surface area contributed by atoms with Crippen molar-refractivity contribution in [2.45, 2.75) is 32.7 Å². The van der Waals surface area contributed by atoms with Crippen molar-refractivity contribution in [3.05, 3.63) is 68.6 Å². The zero-order chi connectivity index (χ0) is 31.3. The molecule has 5 aromatic rings. The molecule has 0 unspecified atom stereocenters. The number of alkyl halides is 6. The molecule has 0 saturated heterocycles. The van der Waals surface area contributed by atoms with Crippen molar-refractivity contribution < 1.29 is 40.3 Å². The predicted molar refractivity (Wildman–Crippen MR) is 143 cm³/mol. The van der Waals surface area contributed by atoms with E-state index in [1.54, 1.807) is 14.0 Å². The molecule has 10 nitrogen and oxygen atoms in total. The Bertz CT molecular complexity index is 1880. The van der Waals surface area contributed by atoms with Crippen LogP contribution < -0.4 is 11.1 Å². The van der Waals surface area contributed by atoms with Crippen LogP contribution in [0.4, 0.5) is 32.0 Å². The number of carbonyl (C=O) groups is 2. The lowest BCUT2D eigenvalue weighted by molar-refractivity contribution is 0.0994. The summed E-state index contributed by atoms with van der Waals surface area (Å²) >= 11 is 6.37. The van der Waals surface area contributed by atoms with Gasteiger partial charge in [0.25, 0.3) is 31.1 Å². The zero-order valence-corrected chi connectivity index (χ0v) is 23.4. The number of nitrogens with one attached hydrogen (secondary N) is 1. The van der Waals surface area contributed by atoms with Gasteiger partial charge in [-0.2, -0.15) is 10.2 Å². The molecule has 0 aliphatic heterocycles. The fourth-order valence-electron chi connectivity index (χ4n) is 4.35. The molecule has 226 valence electrons. The summed E-state index contributed by atoms with van der Waals surface area (Å²) in [5.74, 6) is -2.39. The van der Waals surface area contributed by atoms with E-state index in [0.29, 0.717) is 27.3 Å². The van der Waals surface area contributed by atoms with Crippen molar-refractivity contribution in [1.82, 2.24) is 24.5 Å². The van der Waals surface area contributed by atoms with Gasteiger partial charge in [0.05, 0.1) is 23.5 Å². The van der Waals surface area contributed by atoms with E-state index in [4.69, 9.17) is 21.8 Å². The van der Waals surface area contributed by atoms with E-state index in [0.717, 1.165) is 6.07 Å². The van der Waals surface area contributed by atoms with Gasteiger partial charge in [0, 0.05) is 23.7 Å². The third kappa shape index (κ3) is 5.45. The molecular weight excluding hydrogens is 628 g/mol. The number of pyridine rings is 1. The van der Waals surface area contributed by atoms with E-state index in [-0.39, 0.29) is 37.9 Å². The van der Waals surface area contributed by atoms with Crippen LogP contribution in [0.3, 0.4) is 0 Å². The minimum Gasteiger partial charge on any atom is -0.454 e. The molecule has 0 fully saturated rings. The second kappa shape index (κ2) is 11.4.